The number of hydrogen-bond donors (Lipinski definition) is 3. The van der Waals surface area contributed by atoms with Gasteiger partial charge in [0.05, 0.1) is 0 Å². The molecule has 0 radical (unpaired) electrons. The topological polar surface area (TPSA) is 106 Å². The molecule has 2 aliphatic rings. The maximum atomic E-state index is 11.6. The zero-order valence-corrected chi connectivity index (χ0v) is 12.1. The molecule has 3 N–H and O–H groups in total. The van der Waals surface area contributed by atoms with Gasteiger partial charge in [-0.1, -0.05) is 6.07 Å². The van der Waals surface area contributed by atoms with E-state index in [1.807, 2.05) is 5.43 Å². The third-order valence-corrected chi connectivity index (χ3v) is 3.24. The van der Waals surface area contributed by atoms with E-state index in [1.165, 1.54) is 6.08 Å². The first-order valence-electron chi connectivity index (χ1n) is 7.10. The van der Waals surface area contributed by atoms with Crippen molar-refractivity contribution >= 4 is 23.8 Å². The van der Waals surface area contributed by atoms with Gasteiger partial charge in [0.25, 0.3) is 5.91 Å². The summed E-state index contributed by atoms with van der Waals surface area (Å²) in [6.07, 6.45) is 4.54. The monoisotopic (exact) mass is 317 g/mol. The van der Waals surface area contributed by atoms with Gasteiger partial charge in [-0.05, 0) is 36.6 Å². The predicted molar refractivity (Wildman–Crippen MR) is 79.0 cm³/mol. The molecule has 0 saturated heterocycles. The molecule has 3 amide bonds. The third kappa shape index (κ3) is 4.00. The zero-order valence-electron chi connectivity index (χ0n) is 12.1. The van der Waals surface area contributed by atoms with Gasteiger partial charge in [-0.3, -0.25) is 25.2 Å². The Hall–Kier alpha value is -3.03. The van der Waals surface area contributed by atoms with Crippen molar-refractivity contribution in [2.24, 2.45) is 0 Å². The molecule has 3 rings (SSSR count). The predicted octanol–water partition coefficient (Wildman–Crippen LogP) is -0.145. The molecule has 0 aromatic heterocycles. The molecule has 23 heavy (non-hydrogen) atoms. The normalized spacial score (nSPS) is 15.3. The van der Waals surface area contributed by atoms with Gasteiger partial charge < -0.3 is 14.8 Å². The molecular formula is C15H15N3O5. The second-order valence-electron chi connectivity index (χ2n) is 5.14. The number of hydrogen-bond acceptors (Lipinski definition) is 5. The highest BCUT2D eigenvalue weighted by atomic mass is 16.7. The van der Waals surface area contributed by atoms with Gasteiger partial charge in [0.2, 0.25) is 6.79 Å². The fourth-order valence-electron chi connectivity index (χ4n) is 1.88. The smallest absolute Gasteiger partial charge is 0.327 e. The summed E-state index contributed by atoms with van der Waals surface area (Å²) in [5.41, 5.74) is 4.92. The van der Waals surface area contributed by atoms with Crippen LogP contribution >= 0.6 is 0 Å². The summed E-state index contributed by atoms with van der Waals surface area (Å²) in [6, 6.07) is 5.31. The van der Waals surface area contributed by atoms with Crippen LogP contribution in [0, 0.1) is 0 Å². The summed E-state index contributed by atoms with van der Waals surface area (Å²) in [6.45, 7) is 0.179. The number of fused-ring (bicyclic) bond motifs is 1. The summed E-state index contributed by atoms with van der Waals surface area (Å²) in [5.74, 6) is -0.956. The lowest BCUT2D eigenvalue weighted by molar-refractivity contribution is -0.140. The van der Waals surface area contributed by atoms with E-state index >= 15 is 0 Å². The Labute approximate surface area is 131 Å². The van der Waals surface area contributed by atoms with Gasteiger partial charge in [0.15, 0.2) is 11.5 Å². The second kappa shape index (κ2) is 6.39. The number of nitrogens with one attached hydrogen (secondary N) is 3. The van der Waals surface area contributed by atoms with Crippen LogP contribution in [0.15, 0.2) is 24.3 Å². The molecule has 1 heterocycles. The Bertz CT molecular complexity index is 682. The molecule has 8 nitrogen and oxygen atoms in total. The molecule has 0 bridgehead atoms. The summed E-state index contributed by atoms with van der Waals surface area (Å²) in [5, 5.41) is 2.51. The van der Waals surface area contributed by atoms with E-state index in [0.717, 1.165) is 18.4 Å². The minimum absolute atomic E-state index is 0.0786. The molecule has 0 spiro atoms. The molecule has 0 unspecified atom stereocenters. The van der Waals surface area contributed by atoms with Crippen LogP contribution in [0.25, 0.3) is 6.08 Å². The lowest BCUT2D eigenvalue weighted by Gasteiger charge is -2.05. The van der Waals surface area contributed by atoms with Crippen molar-refractivity contribution in [2.75, 3.05) is 6.79 Å². The maximum absolute atomic E-state index is 11.6. The van der Waals surface area contributed by atoms with Crippen LogP contribution in [-0.4, -0.2) is 30.6 Å². The van der Waals surface area contributed by atoms with E-state index in [4.69, 9.17) is 9.47 Å². The average molecular weight is 317 g/mol. The van der Waals surface area contributed by atoms with Crippen molar-refractivity contribution in [3.63, 3.8) is 0 Å². The van der Waals surface area contributed by atoms with E-state index in [-0.39, 0.29) is 12.8 Å². The minimum atomic E-state index is -0.901. The van der Waals surface area contributed by atoms with Gasteiger partial charge in [-0.2, -0.15) is 0 Å². The van der Waals surface area contributed by atoms with Crippen LogP contribution in [0.2, 0.25) is 0 Å². The maximum Gasteiger partial charge on any atom is 0.327 e. The molecule has 1 aromatic carbocycles. The molecule has 120 valence electrons. The Morgan fingerprint density at radius 3 is 2.61 bits per heavy atom. The van der Waals surface area contributed by atoms with Gasteiger partial charge in [-0.25, -0.2) is 0 Å². The lowest BCUT2D eigenvalue weighted by atomic mass is 10.2. The van der Waals surface area contributed by atoms with Crippen molar-refractivity contribution in [3.8, 4) is 11.5 Å². The van der Waals surface area contributed by atoms with E-state index in [0.29, 0.717) is 11.5 Å². The van der Waals surface area contributed by atoms with Crippen LogP contribution < -0.4 is 25.6 Å². The number of benzene rings is 1. The average Bonchev–Trinajstić information content (AvgIpc) is 3.24. The van der Waals surface area contributed by atoms with Crippen molar-refractivity contribution in [3.05, 3.63) is 29.8 Å². The van der Waals surface area contributed by atoms with Crippen molar-refractivity contribution < 1.29 is 23.9 Å². The quantitative estimate of drug-likeness (QED) is 0.408. The van der Waals surface area contributed by atoms with E-state index in [2.05, 4.69) is 10.7 Å². The molecular weight excluding hydrogens is 302 g/mol. The highest BCUT2D eigenvalue weighted by molar-refractivity contribution is 6.35. The second-order valence-corrected chi connectivity index (χ2v) is 5.14. The molecule has 1 aromatic rings. The Morgan fingerprint density at radius 1 is 1.04 bits per heavy atom. The first kappa shape index (κ1) is 14.9. The number of carbonyl (C=O) groups excluding carboxylic acids is 3. The van der Waals surface area contributed by atoms with E-state index < -0.39 is 17.7 Å². The number of ether oxygens (including phenoxy) is 2. The zero-order chi connectivity index (χ0) is 16.2. The first-order chi connectivity index (χ1) is 11.1. The SMILES string of the molecule is O=C(/C=C/c1ccc2c(c1)OCO2)NNC(=O)C(=O)NC1CC1. The van der Waals surface area contributed by atoms with Crippen LogP contribution in [-0.2, 0) is 14.4 Å². The molecule has 1 saturated carbocycles. The van der Waals surface area contributed by atoms with Crippen LogP contribution in [0.3, 0.4) is 0 Å². The molecule has 1 aliphatic heterocycles. The van der Waals surface area contributed by atoms with Crippen LogP contribution in [0.1, 0.15) is 18.4 Å². The number of rotatable bonds is 3. The van der Waals surface area contributed by atoms with Gasteiger partial charge >= 0.3 is 11.8 Å². The Morgan fingerprint density at radius 2 is 1.83 bits per heavy atom. The van der Waals surface area contributed by atoms with E-state index in [1.54, 1.807) is 24.3 Å². The standard InChI is InChI=1S/C15H15N3O5/c19-13(17-18-15(21)14(20)16-10-3-4-10)6-2-9-1-5-11-12(7-9)23-8-22-11/h1-2,5-7,10H,3-4,8H2,(H,16,20)(H,17,19)(H,18,21)/b6-2+. The van der Waals surface area contributed by atoms with Gasteiger partial charge in [0, 0.05) is 12.1 Å². The number of carbonyl (C=O) groups is 3. The highest BCUT2D eigenvalue weighted by Gasteiger charge is 2.26. The molecule has 0 atom stereocenters. The van der Waals surface area contributed by atoms with Crippen LogP contribution in [0.5, 0.6) is 11.5 Å². The molecule has 8 heteroatoms. The highest BCUT2D eigenvalue weighted by Crippen LogP contribution is 2.32. The summed E-state index contributed by atoms with van der Waals surface area (Å²) in [4.78, 5) is 34.4. The fourth-order valence-corrected chi connectivity index (χ4v) is 1.88. The molecule has 1 fully saturated rings. The van der Waals surface area contributed by atoms with Crippen LogP contribution in [0.4, 0.5) is 0 Å². The van der Waals surface area contributed by atoms with E-state index in [9.17, 15) is 14.4 Å². The van der Waals surface area contributed by atoms with Crippen molar-refractivity contribution in [1.82, 2.24) is 16.2 Å². The lowest BCUT2D eigenvalue weighted by Crippen LogP contribution is -2.48. The summed E-state index contributed by atoms with van der Waals surface area (Å²) < 4.78 is 10.4. The third-order valence-electron chi connectivity index (χ3n) is 3.24. The summed E-state index contributed by atoms with van der Waals surface area (Å²) in [7, 11) is 0. The largest absolute Gasteiger partial charge is 0.454 e. The number of hydrazine groups is 1. The van der Waals surface area contributed by atoms with Gasteiger partial charge in [-0.15, -0.1) is 0 Å². The van der Waals surface area contributed by atoms with Crippen molar-refractivity contribution in [1.29, 1.82) is 0 Å². The Balaban J connectivity index is 1.46. The van der Waals surface area contributed by atoms with Gasteiger partial charge in [0.1, 0.15) is 0 Å². The summed E-state index contributed by atoms with van der Waals surface area (Å²) >= 11 is 0. The fraction of sp³-hybridized carbons (Fsp3) is 0.267. The van der Waals surface area contributed by atoms with Crippen molar-refractivity contribution in [2.45, 2.75) is 18.9 Å². The molecule has 1 aliphatic carbocycles. The minimum Gasteiger partial charge on any atom is -0.454 e. The Kier molecular flexibility index (Phi) is 4.13. The first-order valence-corrected chi connectivity index (χ1v) is 7.10. The number of amides is 3.